The molecule has 1 N–H and O–H groups in total. The van der Waals surface area contributed by atoms with Crippen LogP contribution in [-0.4, -0.2) is 26.5 Å². The summed E-state index contributed by atoms with van der Waals surface area (Å²) in [5.41, 5.74) is 2.14. The highest BCUT2D eigenvalue weighted by Gasteiger charge is 2.12. The minimum atomic E-state index is -0.118. The second-order valence-corrected chi connectivity index (χ2v) is 5.74. The molecule has 6 heteroatoms. The van der Waals surface area contributed by atoms with Crippen molar-refractivity contribution in [3.8, 4) is 11.4 Å². The maximum Gasteiger partial charge on any atom is 0.252 e. The summed E-state index contributed by atoms with van der Waals surface area (Å²) in [5, 5.41) is 11.9. The Bertz CT molecular complexity index is 824. The maximum absolute atomic E-state index is 12.1. The number of fused-ring (bicyclic) bond motifs is 1. The van der Waals surface area contributed by atoms with Crippen LogP contribution in [0.5, 0.6) is 0 Å². The Morgan fingerprint density at radius 1 is 1.14 bits per heavy atom. The van der Waals surface area contributed by atoms with Gasteiger partial charge in [0, 0.05) is 22.8 Å². The molecule has 0 radical (unpaired) electrons. The fourth-order valence-corrected chi connectivity index (χ4v) is 2.29. The minimum absolute atomic E-state index is 0.0832. The minimum Gasteiger partial charge on any atom is -0.350 e. The summed E-state index contributed by atoms with van der Waals surface area (Å²) in [6, 6.07) is 11.0. The second-order valence-electron chi connectivity index (χ2n) is 5.30. The first-order valence-electron chi connectivity index (χ1n) is 6.96. The van der Waals surface area contributed by atoms with Crippen molar-refractivity contribution >= 4 is 23.2 Å². The van der Waals surface area contributed by atoms with E-state index >= 15 is 0 Å². The fourth-order valence-electron chi connectivity index (χ4n) is 2.17. The molecule has 0 aliphatic heterocycles. The quantitative estimate of drug-likeness (QED) is 0.807. The zero-order chi connectivity index (χ0) is 15.7. The van der Waals surface area contributed by atoms with Crippen LogP contribution in [0.3, 0.4) is 0 Å². The highest BCUT2D eigenvalue weighted by Crippen LogP contribution is 2.21. The number of benzene rings is 1. The van der Waals surface area contributed by atoms with Crippen LogP contribution >= 0.6 is 11.6 Å². The number of rotatable bonds is 3. The van der Waals surface area contributed by atoms with Gasteiger partial charge in [-0.3, -0.25) is 9.20 Å². The summed E-state index contributed by atoms with van der Waals surface area (Å²) >= 11 is 5.91. The van der Waals surface area contributed by atoms with E-state index in [1.54, 1.807) is 34.9 Å². The standard InChI is InChI=1S/C16H15ClN4O/c1-10(2)18-16(22)12-5-8-14-19-20-15(21(14)9-12)11-3-6-13(17)7-4-11/h3-10H,1-2H3,(H,18,22). The molecule has 1 amide bonds. The molecular weight excluding hydrogens is 300 g/mol. The molecule has 2 heterocycles. The number of nitrogens with one attached hydrogen (secondary N) is 1. The van der Waals surface area contributed by atoms with Crippen molar-refractivity contribution in [2.45, 2.75) is 19.9 Å². The lowest BCUT2D eigenvalue weighted by Crippen LogP contribution is -2.30. The third-order valence-electron chi connectivity index (χ3n) is 3.19. The van der Waals surface area contributed by atoms with E-state index in [-0.39, 0.29) is 11.9 Å². The number of hydrogen-bond donors (Lipinski definition) is 1. The normalized spacial score (nSPS) is 11.1. The van der Waals surface area contributed by atoms with Gasteiger partial charge in [0.2, 0.25) is 0 Å². The molecule has 0 saturated heterocycles. The Hall–Kier alpha value is -2.40. The maximum atomic E-state index is 12.1. The second kappa shape index (κ2) is 5.77. The van der Waals surface area contributed by atoms with Gasteiger partial charge in [0.25, 0.3) is 5.91 Å². The summed E-state index contributed by atoms with van der Waals surface area (Å²) in [6.07, 6.45) is 1.75. The molecule has 3 aromatic rings. The number of carbonyl (C=O) groups is 1. The first kappa shape index (κ1) is 14.5. The monoisotopic (exact) mass is 314 g/mol. The van der Waals surface area contributed by atoms with Crippen LogP contribution < -0.4 is 5.32 Å². The largest absolute Gasteiger partial charge is 0.350 e. The smallest absolute Gasteiger partial charge is 0.252 e. The van der Waals surface area contributed by atoms with Crippen molar-refractivity contribution in [1.29, 1.82) is 0 Å². The van der Waals surface area contributed by atoms with Gasteiger partial charge in [-0.05, 0) is 50.2 Å². The van der Waals surface area contributed by atoms with Gasteiger partial charge in [0.15, 0.2) is 11.5 Å². The van der Waals surface area contributed by atoms with Gasteiger partial charge < -0.3 is 5.32 Å². The van der Waals surface area contributed by atoms with E-state index in [0.29, 0.717) is 22.1 Å². The van der Waals surface area contributed by atoms with Crippen LogP contribution in [0.1, 0.15) is 24.2 Å². The van der Waals surface area contributed by atoms with Crippen LogP contribution in [0.2, 0.25) is 5.02 Å². The zero-order valence-electron chi connectivity index (χ0n) is 12.2. The lowest BCUT2D eigenvalue weighted by Gasteiger charge is -2.08. The number of carbonyl (C=O) groups excluding carboxylic acids is 1. The molecule has 5 nitrogen and oxygen atoms in total. The third kappa shape index (κ3) is 2.80. The first-order chi connectivity index (χ1) is 10.5. The topological polar surface area (TPSA) is 59.3 Å². The Balaban J connectivity index is 2.05. The molecular formula is C16H15ClN4O. The number of aromatic nitrogens is 3. The molecule has 3 rings (SSSR count). The molecule has 0 bridgehead atoms. The molecule has 112 valence electrons. The fraction of sp³-hybridized carbons (Fsp3) is 0.188. The van der Waals surface area contributed by atoms with E-state index in [9.17, 15) is 4.79 Å². The Morgan fingerprint density at radius 3 is 2.55 bits per heavy atom. The van der Waals surface area contributed by atoms with Crippen LogP contribution in [-0.2, 0) is 0 Å². The number of nitrogens with zero attached hydrogens (tertiary/aromatic N) is 3. The van der Waals surface area contributed by atoms with E-state index in [2.05, 4.69) is 15.5 Å². The highest BCUT2D eigenvalue weighted by molar-refractivity contribution is 6.30. The van der Waals surface area contributed by atoms with Gasteiger partial charge in [0.1, 0.15) is 0 Å². The van der Waals surface area contributed by atoms with Crippen molar-refractivity contribution in [2.75, 3.05) is 0 Å². The molecule has 0 saturated carbocycles. The third-order valence-corrected chi connectivity index (χ3v) is 3.44. The lowest BCUT2D eigenvalue weighted by atomic mass is 10.2. The van der Waals surface area contributed by atoms with E-state index < -0.39 is 0 Å². The predicted octanol–water partition coefficient (Wildman–Crippen LogP) is 3.19. The molecule has 2 aromatic heterocycles. The molecule has 0 fully saturated rings. The van der Waals surface area contributed by atoms with Gasteiger partial charge >= 0.3 is 0 Å². The van der Waals surface area contributed by atoms with Gasteiger partial charge in [0.05, 0.1) is 5.56 Å². The molecule has 0 atom stereocenters. The number of halogens is 1. The average molecular weight is 315 g/mol. The van der Waals surface area contributed by atoms with Crippen molar-refractivity contribution in [2.24, 2.45) is 0 Å². The van der Waals surface area contributed by atoms with Gasteiger partial charge in [-0.25, -0.2) is 0 Å². The van der Waals surface area contributed by atoms with Crippen LogP contribution in [0.25, 0.3) is 17.0 Å². The summed E-state index contributed by atoms with van der Waals surface area (Å²) in [4.78, 5) is 12.1. The Morgan fingerprint density at radius 2 is 1.86 bits per heavy atom. The van der Waals surface area contributed by atoms with Gasteiger partial charge in [-0.2, -0.15) is 0 Å². The van der Waals surface area contributed by atoms with E-state index in [0.717, 1.165) is 5.56 Å². The molecule has 22 heavy (non-hydrogen) atoms. The van der Waals surface area contributed by atoms with Crippen molar-refractivity contribution in [1.82, 2.24) is 19.9 Å². The summed E-state index contributed by atoms with van der Waals surface area (Å²) < 4.78 is 1.80. The first-order valence-corrected chi connectivity index (χ1v) is 7.34. The highest BCUT2D eigenvalue weighted by atomic mass is 35.5. The van der Waals surface area contributed by atoms with Crippen LogP contribution in [0, 0.1) is 0 Å². The SMILES string of the molecule is CC(C)NC(=O)c1ccc2nnc(-c3ccc(Cl)cc3)n2c1. The number of amides is 1. The molecule has 0 unspecified atom stereocenters. The Kier molecular flexibility index (Phi) is 3.81. The van der Waals surface area contributed by atoms with Crippen molar-refractivity contribution in [3.63, 3.8) is 0 Å². The molecule has 1 aromatic carbocycles. The molecule has 0 aliphatic rings. The summed E-state index contributed by atoms with van der Waals surface area (Å²) in [5.74, 6) is 0.554. The van der Waals surface area contributed by atoms with E-state index in [4.69, 9.17) is 11.6 Å². The predicted molar refractivity (Wildman–Crippen MR) is 86.0 cm³/mol. The summed E-state index contributed by atoms with van der Waals surface area (Å²) in [7, 11) is 0. The Labute approximate surface area is 132 Å². The van der Waals surface area contributed by atoms with Gasteiger partial charge in [-0.1, -0.05) is 11.6 Å². The summed E-state index contributed by atoms with van der Waals surface area (Å²) in [6.45, 7) is 3.85. The lowest BCUT2D eigenvalue weighted by molar-refractivity contribution is 0.0942. The van der Waals surface area contributed by atoms with Crippen molar-refractivity contribution < 1.29 is 4.79 Å². The van der Waals surface area contributed by atoms with Crippen molar-refractivity contribution in [3.05, 3.63) is 53.2 Å². The zero-order valence-corrected chi connectivity index (χ0v) is 13.0. The average Bonchev–Trinajstić information content (AvgIpc) is 2.90. The van der Waals surface area contributed by atoms with E-state index in [1.807, 2.05) is 26.0 Å². The molecule has 0 spiro atoms. The van der Waals surface area contributed by atoms with Crippen LogP contribution in [0.4, 0.5) is 0 Å². The number of pyridine rings is 1. The van der Waals surface area contributed by atoms with Gasteiger partial charge in [-0.15, -0.1) is 10.2 Å². The van der Waals surface area contributed by atoms with E-state index in [1.165, 1.54) is 0 Å². The molecule has 0 aliphatic carbocycles. The van der Waals surface area contributed by atoms with Crippen LogP contribution in [0.15, 0.2) is 42.6 Å². The number of hydrogen-bond acceptors (Lipinski definition) is 3.